The molecule has 0 bridgehead atoms. The number of rotatable bonds is 4. The van der Waals surface area contributed by atoms with Gasteiger partial charge in [-0.15, -0.1) is 0 Å². The van der Waals surface area contributed by atoms with Gasteiger partial charge in [-0.05, 0) is 31.2 Å². The number of carbonyl (C=O) groups excluding carboxylic acids is 2. The number of halogens is 1. The maximum atomic E-state index is 12.4. The van der Waals surface area contributed by atoms with E-state index in [-0.39, 0.29) is 27.9 Å². The molecule has 130 valence electrons. The summed E-state index contributed by atoms with van der Waals surface area (Å²) in [6.07, 6.45) is 0. The SMILES string of the molecule is Cc1ccc(C(=O)Nc2cc(C(=O)N(C)C)ccc2Cl)cc1[N+](=O)[O-]. The monoisotopic (exact) mass is 361 g/mol. The van der Waals surface area contributed by atoms with E-state index < -0.39 is 10.8 Å². The summed E-state index contributed by atoms with van der Waals surface area (Å²) in [6, 6.07) is 8.71. The van der Waals surface area contributed by atoms with Crippen molar-refractivity contribution < 1.29 is 14.5 Å². The predicted octanol–water partition coefficient (Wildman–Crippen LogP) is 3.51. The van der Waals surface area contributed by atoms with Gasteiger partial charge in [-0.2, -0.15) is 0 Å². The van der Waals surface area contributed by atoms with Crippen molar-refractivity contribution in [3.8, 4) is 0 Å². The molecule has 2 amide bonds. The van der Waals surface area contributed by atoms with Gasteiger partial charge in [0.2, 0.25) is 0 Å². The summed E-state index contributed by atoms with van der Waals surface area (Å²) < 4.78 is 0. The number of nitro benzene ring substituents is 1. The summed E-state index contributed by atoms with van der Waals surface area (Å²) >= 11 is 6.07. The lowest BCUT2D eigenvalue weighted by atomic mass is 10.1. The van der Waals surface area contributed by atoms with E-state index in [1.165, 1.54) is 35.2 Å². The lowest BCUT2D eigenvalue weighted by Gasteiger charge is -2.13. The highest BCUT2D eigenvalue weighted by atomic mass is 35.5. The number of hydrogen-bond donors (Lipinski definition) is 1. The van der Waals surface area contributed by atoms with E-state index >= 15 is 0 Å². The van der Waals surface area contributed by atoms with Gasteiger partial charge in [0.1, 0.15) is 0 Å². The van der Waals surface area contributed by atoms with E-state index in [0.29, 0.717) is 11.1 Å². The van der Waals surface area contributed by atoms with Crippen LogP contribution >= 0.6 is 11.6 Å². The topological polar surface area (TPSA) is 92.6 Å². The van der Waals surface area contributed by atoms with Crippen LogP contribution in [0.2, 0.25) is 5.02 Å². The molecule has 0 aliphatic heterocycles. The molecule has 1 N–H and O–H groups in total. The fourth-order valence-corrected chi connectivity index (χ4v) is 2.32. The van der Waals surface area contributed by atoms with E-state index in [4.69, 9.17) is 11.6 Å². The zero-order valence-corrected chi connectivity index (χ0v) is 14.6. The van der Waals surface area contributed by atoms with Crippen molar-refractivity contribution in [1.29, 1.82) is 0 Å². The van der Waals surface area contributed by atoms with Crippen molar-refractivity contribution in [1.82, 2.24) is 4.90 Å². The maximum Gasteiger partial charge on any atom is 0.273 e. The molecule has 25 heavy (non-hydrogen) atoms. The van der Waals surface area contributed by atoms with Crippen LogP contribution in [0.1, 0.15) is 26.3 Å². The van der Waals surface area contributed by atoms with Crippen LogP contribution in [0.15, 0.2) is 36.4 Å². The number of carbonyl (C=O) groups is 2. The summed E-state index contributed by atoms with van der Waals surface area (Å²) in [5.74, 6) is -0.794. The van der Waals surface area contributed by atoms with Gasteiger partial charge in [-0.1, -0.05) is 17.7 Å². The second-order valence-electron chi connectivity index (χ2n) is 5.61. The molecule has 0 atom stereocenters. The van der Waals surface area contributed by atoms with Gasteiger partial charge in [-0.25, -0.2) is 0 Å². The normalized spacial score (nSPS) is 10.2. The summed E-state index contributed by atoms with van der Waals surface area (Å²) in [6.45, 7) is 1.59. The van der Waals surface area contributed by atoms with Gasteiger partial charge in [0.25, 0.3) is 17.5 Å². The standard InChI is InChI=1S/C17H16ClN3O4/c1-10-4-5-11(9-15(10)21(24)25)16(22)19-14-8-12(6-7-13(14)18)17(23)20(2)3/h4-9H,1-3H3,(H,19,22). The first kappa shape index (κ1) is 18.4. The summed E-state index contributed by atoms with van der Waals surface area (Å²) in [5, 5.41) is 13.8. The number of benzene rings is 2. The molecule has 0 saturated carbocycles. The lowest BCUT2D eigenvalue weighted by molar-refractivity contribution is -0.385. The molecule has 2 aromatic carbocycles. The van der Waals surface area contributed by atoms with Crippen LogP contribution in [0, 0.1) is 17.0 Å². The average Bonchev–Trinajstić information content (AvgIpc) is 2.56. The summed E-state index contributed by atoms with van der Waals surface area (Å²) in [4.78, 5) is 36.3. The van der Waals surface area contributed by atoms with E-state index in [1.807, 2.05) is 0 Å². The third kappa shape index (κ3) is 4.13. The number of nitro groups is 1. The zero-order chi connectivity index (χ0) is 18.7. The predicted molar refractivity (Wildman–Crippen MR) is 95.3 cm³/mol. The Labute approximate surface area is 149 Å². The Hall–Kier alpha value is -2.93. The third-order valence-electron chi connectivity index (χ3n) is 3.54. The summed E-state index contributed by atoms with van der Waals surface area (Å²) in [5.41, 5.74) is 1.05. The molecule has 0 fully saturated rings. The summed E-state index contributed by atoms with van der Waals surface area (Å²) in [7, 11) is 3.22. The molecule has 2 aromatic rings. The first-order chi connectivity index (χ1) is 11.7. The van der Waals surface area contributed by atoms with Crippen LogP contribution in [0.25, 0.3) is 0 Å². The second-order valence-corrected chi connectivity index (χ2v) is 6.01. The van der Waals surface area contributed by atoms with Gasteiger partial charge in [0.15, 0.2) is 0 Å². The first-order valence-electron chi connectivity index (χ1n) is 7.28. The molecule has 0 aliphatic carbocycles. The first-order valence-corrected chi connectivity index (χ1v) is 7.66. The van der Waals surface area contributed by atoms with Crippen molar-refractivity contribution in [3.63, 3.8) is 0 Å². The van der Waals surface area contributed by atoms with Crippen LogP contribution < -0.4 is 5.32 Å². The Morgan fingerprint density at radius 3 is 2.36 bits per heavy atom. The fourth-order valence-electron chi connectivity index (χ4n) is 2.15. The van der Waals surface area contributed by atoms with E-state index in [9.17, 15) is 19.7 Å². The van der Waals surface area contributed by atoms with Crippen LogP contribution in [-0.4, -0.2) is 35.7 Å². The number of anilines is 1. The Balaban J connectivity index is 2.32. The van der Waals surface area contributed by atoms with Crippen molar-refractivity contribution in [2.75, 3.05) is 19.4 Å². The Bertz CT molecular complexity index is 865. The molecule has 0 aliphatic rings. The molecule has 0 unspecified atom stereocenters. The number of aryl methyl sites for hydroxylation is 1. The molecular weight excluding hydrogens is 346 g/mol. The number of hydrogen-bond acceptors (Lipinski definition) is 4. The highest BCUT2D eigenvalue weighted by Crippen LogP contribution is 2.25. The quantitative estimate of drug-likeness (QED) is 0.666. The van der Waals surface area contributed by atoms with Gasteiger partial charge in [0.05, 0.1) is 15.6 Å². The minimum absolute atomic E-state index is 0.123. The number of amides is 2. The molecular formula is C17H16ClN3O4. The lowest BCUT2D eigenvalue weighted by Crippen LogP contribution is -2.22. The zero-order valence-electron chi connectivity index (χ0n) is 13.9. The van der Waals surface area contributed by atoms with E-state index in [0.717, 1.165) is 0 Å². The van der Waals surface area contributed by atoms with Gasteiger partial charge < -0.3 is 10.2 Å². The minimum Gasteiger partial charge on any atom is -0.345 e. The van der Waals surface area contributed by atoms with Crippen molar-refractivity contribution in [2.45, 2.75) is 6.92 Å². The van der Waals surface area contributed by atoms with Crippen LogP contribution in [0.4, 0.5) is 11.4 Å². The van der Waals surface area contributed by atoms with Gasteiger partial charge in [-0.3, -0.25) is 19.7 Å². The Morgan fingerprint density at radius 2 is 1.76 bits per heavy atom. The van der Waals surface area contributed by atoms with E-state index in [1.54, 1.807) is 27.1 Å². The Morgan fingerprint density at radius 1 is 1.12 bits per heavy atom. The van der Waals surface area contributed by atoms with Crippen molar-refractivity contribution >= 4 is 34.8 Å². The molecule has 0 spiro atoms. The molecule has 2 rings (SSSR count). The molecule has 8 heteroatoms. The maximum absolute atomic E-state index is 12.4. The number of nitrogens with zero attached hydrogens (tertiary/aromatic N) is 2. The average molecular weight is 362 g/mol. The third-order valence-corrected chi connectivity index (χ3v) is 3.87. The fraction of sp³-hybridized carbons (Fsp3) is 0.176. The molecule has 7 nitrogen and oxygen atoms in total. The second kappa shape index (κ2) is 7.31. The Kier molecular flexibility index (Phi) is 5.38. The van der Waals surface area contributed by atoms with Crippen molar-refractivity contribution in [2.24, 2.45) is 0 Å². The molecule has 0 aromatic heterocycles. The highest BCUT2D eigenvalue weighted by molar-refractivity contribution is 6.34. The number of nitrogens with one attached hydrogen (secondary N) is 1. The van der Waals surface area contributed by atoms with E-state index in [2.05, 4.69) is 5.32 Å². The smallest absolute Gasteiger partial charge is 0.273 e. The van der Waals surface area contributed by atoms with Crippen molar-refractivity contribution in [3.05, 3.63) is 68.2 Å². The van der Waals surface area contributed by atoms with Crippen LogP contribution in [0.3, 0.4) is 0 Å². The van der Waals surface area contributed by atoms with Gasteiger partial charge in [0, 0.05) is 36.9 Å². The minimum atomic E-state index is -0.556. The van der Waals surface area contributed by atoms with Crippen LogP contribution in [-0.2, 0) is 0 Å². The van der Waals surface area contributed by atoms with Gasteiger partial charge >= 0.3 is 0 Å². The molecule has 0 radical (unpaired) electrons. The largest absolute Gasteiger partial charge is 0.345 e. The van der Waals surface area contributed by atoms with Crippen LogP contribution in [0.5, 0.6) is 0 Å². The highest BCUT2D eigenvalue weighted by Gasteiger charge is 2.17. The molecule has 0 saturated heterocycles. The molecule has 0 heterocycles.